The number of carbonyl (C=O) groups excluding carboxylic acids is 1. The van der Waals surface area contributed by atoms with Crippen LogP contribution in [0.3, 0.4) is 0 Å². The molecule has 0 bridgehead atoms. The fraction of sp³-hybridized carbons (Fsp3) is 0.364. The van der Waals surface area contributed by atoms with Crippen LogP contribution in [-0.2, 0) is 9.53 Å². The molecule has 0 saturated heterocycles. The van der Waals surface area contributed by atoms with Gasteiger partial charge in [-0.2, -0.15) is 0 Å². The second kappa shape index (κ2) is 5.70. The SMILES string of the molecule is COC(=O)C(C)(N)CSc1ccccc1Br. The third-order valence-electron chi connectivity index (χ3n) is 2.02. The number of hydrogen-bond acceptors (Lipinski definition) is 4. The first-order chi connectivity index (χ1) is 7.47. The number of methoxy groups -OCH3 is 1. The van der Waals surface area contributed by atoms with Crippen LogP contribution in [0.25, 0.3) is 0 Å². The molecule has 0 aliphatic rings. The van der Waals surface area contributed by atoms with Gasteiger partial charge in [-0.25, -0.2) is 0 Å². The van der Waals surface area contributed by atoms with Crippen molar-refractivity contribution in [3.05, 3.63) is 28.7 Å². The van der Waals surface area contributed by atoms with Crippen molar-refractivity contribution in [1.82, 2.24) is 0 Å². The molecule has 0 radical (unpaired) electrons. The first kappa shape index (κ1) is 13.5. The number of halogens is 1. The molecule has 1 unspecified atom stereocenters. The van der Waals surface area contributed by atoms with E-state index < -0.39 is 11.5 Å². The van der Waals surface area contributed by atoms with Crippen molar-refractivity contribution in [2.45, 2.75) is 17.4 Å². The van der Waals surface area contributed by atoms with E-state index in [0.717, 1.165) is 9.37 Å². The fourth-order valence-electron chi connectivity index (χ4n) is 1.08. The molecule has 16 heavy (non-hydrogen) atoms. The van der Waals surface area contributed by atoms with Gasteiger partial charge in [-0.15, -0.1) is 11.8 Å². The summed E-state index contributed by atoms with van der Waals surface area (Å²) < 4.78 is 5.65. The molecule has 1 aromatic rings. The smallest absolute Gasteiger partial charge is 0.326 e. The van der Waals surface area contributed by atoms with Gasteiger partial charge in [-0.1, -0.05) is 12.1 Å². The largest absolute Gasteiger partial charge is 0.468 e. The zero-order valence-electron chi connectivity index (χ0n) is 9.20. The lowest BCUT2D eigenvalue weighted by atomic mass is 10.1. The monoisotopic (exact) mass is 303 g/mol. The molecule has 0 saturated carbocycles. The van der Waals surface area contributed by atoms with Gasteiger partial charge in [0.2, 0.25) is 0 Å². The normalized spacial score (nSPS) is 14.2. The predicted molar refractivity (Wildman–Crippen MR) is 69.5 cm³/mol. The Hall–Kier alpha value is -0.520. The topological polar surface area (TPSA) is 52.3 Å². The Bertz CT molecular complexity index is 382. The first-order valence-electron chi connectivity index (χ1n) is 4.72. The molecule has 1 aromatic carbocycles. The van der Waals surface area contributed by atoms with E-state index in [2.05, 4.69) is 20.7 Å². The molecular formula is C11H14BrNO2S. The molecule has 0 fully saturated rings. The highest BCUT2D eigenvalue weighted by atomic mass is 79.9. The molecule has 5 heteroatoms. The zero-order chi connectivity index (χ0) is 12.2. The predicted octanol–water partition coefficient (Wildman–Crippen LogP) is 2.43. The number of rotatable bonds is 4. The van der Waals surface area contributed by atoms with Crippen LogP contribution in [0.5, 0.6) is 0 Å². The van der Waals surface area contributed by atoms with Gasteiger partial charge in [0, 0.05) is 15.1 Å². The molecule has 2 N–H and O–H groups in total. The Balaban J connectivity index is 2.65. The van der Waals surface area contributed by atoms with E-state index in [4.69, 9.17) is 5.73 Å². The quantitative estimate of drug-likeness (QED) is 0.685. The summed E-state index contributed by atoms with van der Waals surface area (Å²) in [5.41, 5.74) is 4.89. The molecule has 1 rings (SSSR count). The second-order valence-electron chi connectivity index (χ2n) is 3.63. The summed E-state index contributed by atoms with van der Waals surface area (Å²) in [6.45, 7) is 1.67. The maximum absolute atomic E-state index is 11.4. The molecule has 3 nitrogen and oxygen atoms in total. The van der Waals surface area contributed by atoms with E-state index >= 15 is 0 Å². The third-order valence-corrected chi connectivity index (χ3v) is 4.38. The average Bonchev–Trinajstić information content (AvgIpc) is 2.27. The maximum atomic E-state index is 11.4. The van der Waals surface area contributed by atoms with Crippen molar-refractivity contribution >= 4 is 33.7 Å². The third kappa shape index (κ3) is 3.50. The Morgan fingerprint density at radius 3 is 2.75 bits per heavy atom. The molecule has 0 spiro atoms. The average molecular weight is 304 g/mol. The van der Waals surface area contributed by atoms with E-state index in [1.54, 1.807) is 6.92 Å². The van der Waals surface area contributed by atoms with Crippen LogP contribution in [0.2, 0.25) is 0 Å². The van der Waals surface area contributed by atoms with Gasteiger partial charge < -0.3 is 10.5 Å². The fourth-order valence-corrected chi connectivity index (χ4v) is 2.66. The van der Waals surface area contributed by atoms with Crippen LogP contribution in [-0.4, -0.2) is 24.4 Å². The van der Waals surface area contributed by atoms with E-state index in [9.17, 15) is 4.79 Å². The van der Waals surface area contributed by atoms with Crippen LogP contribution < -0.4 is 5.73 Å². The number of hydrogen-bond donors (Lipinski definition) is 1. The first-order valence-corrected chi connectivity index (χ1v) is 6.50. The summed E-state index contributed by atoms with van der Waals surface area (Å²) in [6, 6.07) is 7.81. The minimum atomic E-state index is -0.964. The standard InChI is InChI=1S/C11H14BrNO2S/c1-11(13,10(14)15-2)7-16-9-6-4-3-5-8(9)12/h3-6H,7,13H2,1-2H3. The molecule has 0 aliphatic heterocycles. The summed E-state index contributed by atoms with van der Waals surface area (Å²) in [4.78, 5) is 12.4. The van der Waals surface area contributed by atoms with Crippen LogP contribution in [0.4, 0.5) is 0 Å². The lowest BCUT2D eigenvalue weighted by molar-refractivity contribution is -0.145. The van der Waals surface area contributed by atoms with Crippen molar-refractivity contribution < 1.29 is 9.53 Å². The number of esters is 1. The number of benzene rings is 1. The minimum Gasteiger partial charge on any atom is -0.468 e. The van der Waals surface area contributed by atoms with E-state index in [-0.39, 0.29) is 0 Å². The number of thioether (sulfide) groups is 1. The van der Waals surface area contributed by atoms with Crippen molar-refractivity contribution in [2.75, 3.05) is 12.9 Å². The molecule has 88 valence electrons. The molecule has 0 aliphatic carbocycles. The summed E-state index contributed by atoms with van der Waals surface area (Å²) >= 11 is 4.97. The van der Waals surface area contributed by atoms with Crippen molar-refractivity contribution in [3.63, 3.8) is 0 Å². The molecule has 0 amide bonds. The highest BCUT2D eigenvalue weighted by molar-refractivity contribution is 9.10. The highest BCUT2D eigenvalue weighted by Crippen LogP contribution is 2.29. The van der Waals surface area contributed by atoms with Crippen LogP contribution in [0.15, 0.2) is 33.6 Å². The Morgan fingerprint density at radius 2 is 2.19 bits per heavy atom. The summed E-state index contributed by atoms with van der Waals surface area (Å²) in [7, 11) is 1.34. The van der Waals surface area contributed by atoms with Crippen molar-refractivity contribution in [2.24, 2.45) is 5.73 Å². The van der Waals surface area contributed by atoms with Crippen molar-refractivity contribution in [3.8, 4) is 0 Å². The van der Waals surface area contributed by atoms with Gasteiger partial charge in [0.1, 0.15) is 5.54 Å². The summed E-state index contributed by atoms with van der Waals surface area (Å²) in [6.07, 6.45) is 0. The van der Waals surface area contributed by atoms with E-state index in [1.807, 2.05) is 24.3 Å². The lowest BCUT2D eigenvalue weighted by Crippen LogP contribution is -2.48. The molecule has 0 heterocycles. The summed E-state index contributed by atoms with van der Waals surface area (Å²) in [5, 5.41) is 0. The number of nitrogens with two attached hydrogens (primary N) is 1. The van der Waals surface area contributed by atoms with Crippen LogP contribution in [0, 0.1) is 0 Å². The molecule has 1 atom stereocenters. The molecular weight excluding hydrogens is 290 g/mol. The van der Waals surface area contributed by atoms with Gasteiger partial charge in [0.05, 0.1) is 7.11 Å². The van der Waals surface area contributed by atoms with Gasteiger partial charge >= 0.3 is 5.97 Å². The zero-order valence-corrected chi connectivity index (χ0v) is 11.6. The van der Waals surface area contributed by atoms with Gasteiger partial charge in [0.25, 0.3) is 0 Å². The van der Waals surface area contributed by atoms with Gasteiger partial charge in [-0.3, -0.25) is 4.79 Å². The maximum Gasteiger partial charge on any atom is 0.326 e. The number of carbonyl (C=O) groups is 1. The minimum absolute atomic E-state index is 0.396. The number of ether oxygens (including phenoxy) is 1. The van der Waals surface area contributed by atoms with Crippen molar-refractivity contribution in [1.29, 1.82) is 0 Å². The Kier molecular flexibility index (Phi) is 4.83. The Labute approximate surface area is 108 Å². The lowest BCUT2D eigenvalue weighted by Gasteiger charge is -2.20. The highest BCUT2D eigenvalue weighted by Gasteiger charge is 2.29. The summed E-state index contributed by atoms with van der Waals surface area (Å²) in [5.74, 6) is 0.0782. The second-order valence-corrected chi connectivity index (χ2v) is 5.50. The van der Waals surface area contributed by atoms with E-state index in [1.165, 1.54) is 18.9 Å². The van der Waals surface area contributed by atoms with Crippen LogP contribution >= 0.6 is 27.7 Å². The van der Waals surface area contributed by atoms with E-state index in [0.29, 0.717) is 5.75 Å². The van der Waals surface area contributed by atoms with Gasteiger partial charge in [0.15, 0.2) is 0 Å². The molecule has 0 aromatic heterocycles. The Morgan fingerprint density at radius 1 is 1.56 bits per heavy atom. The van der Waals surface area contributed by atoms with Gasteiger partial charge in [-0.05, 0) is 35.0 Å². The van der Waals surface area contributed by atoms with Crippen LogP contribution in [0.1, 0.15) is 6.92 Å².